The molecule has 3 N–H and O–H groups in total. The van der Waals surface area contributed by atoms with Gasteiger partial charge < -0.3 is 29.5 Å². The lowest BCUT2D eigenvalue weighted by molar-refractivity contribution is 0.0682. The highest BCUT2D eigenvalue weighted by Crippen LogP contribution is 2.44. The number of phenols is 1. The van der Waals surface area contributed by atoms with Crippen molar-refractivity contribution >= 4 is 11.9 Å². The molecule has 0 unspecified atom stereocenters. The fraction of sp³-hybridized carbons (Fsp3) is 0.533. The second-order valence-corrected chi connectivity index (χ2v) is 9.48. The van der Waals surface area contributed by atoms with E-state index >= 15 is 0 Å². The van der Waals surface area contributed by atoms with E-state index in [0.29, 0.717) is 36.1 Å². The fourth-order valence-electron chi connectivity index (χ4n) is 4.68. The van der Waals surface area contributed by atoms with Crippen molar-refractivity contribution in [3.05, 3.63) is 40.5 Å². The third-order valence-corrected chi connectivity index (χ3v) is 6.65. The molecule has 2 aromatic rings. The molecule has 0 heterocycles. The molecular formula is C30H42O8. The van der Waals surface area contributed by atoms with E-state index in [1.54, 1.807) is 6.07 Å². The molecule has 0 aliphatic heterocycles. The quantitative estimate of drug-likeness (QED) is 0.168. The molecule has 0 radical (unpaired) electrons. The maximum Gasteiger partial charge on any atom is 0.339 e. The van der Waals surface area contributed by atoms with Gasteiger partial charge in [-0.15, -0.1) is 0 Å². The molecule has 0 amide bonds. The van der Waals surface area contributed by atoms with Gasteiger partial charge in [-0.1, -0.05) is 65.2 Å². The molecule has 2 aromatic carbocycles. The number of hydrogen-bond donors (Lipinski definition) is 3. The van der Waals surface area contributed by atoms with Crippen molar-refractivity contribution in [1.29, 1.82) is 0 Å². The Kier molecular flexibility index (Phi) is 12.8. The highest BCUT2D eigenvalue weighted by molar-refractivity contribution is 5.95. The normalized spacial score (nSPS) is 10.8. The van der Waals surface area contributed by atoms with E-state index in [9.17, 15) is 24.9 Å². The Bertz CT molecular complexity index is 1080. The van der Waals surface area contributed by atoms with Crippen LogP contribution in [0.5, 0.6) is 28.7 Å². The number of hydrogen-bond acceptors (Lipinski definition) is 6. The second-order valence-electron chi connectivity index (χ2n) is 9.48. The minimum atomic E-state index is -1.27. The molecule has 0 saturated carbocycles. The number of rotatable bonds is 18. The molecule has 38 heavy (non-hydrogen) atoms. The number of methoxy groups -OCH3 is 2. The topological polar surface area (TPSA) is 123 Å². The van der Waals surface area contributed by atoms with Gasteiger partial charge in [0.05, 0.1) is 14.2 Å². The molecule has 210 valence electrons. The van der Waals surface area contributed by atoms with Gasteiger partial charge in [-0.3, -0.25) is 0 Å². The third kappa shape index (κ3) is 8.30. The van der Waals surface area contributed by atoms with E-state index in [1.807, 2.05) is 0 Å². The van der Waals surface area contributed by atoms with Crippen molar-refractivity contribution in [2.45, 2.75) is 90.9 Å². The SMILES string of the molecule is CCCCCCCc1cc(OC)cc(Oc2cc(O)c(C(=O)O)c(CCCCCCC)c2OC)c1C(=O)O. The van der Waals surface area contributed by atoms with Crippen LogP contribution in [0.4, 0.5) is 0 Å². The monoisotopic (exact) mass is 530 g/mol. The van der Waals surface area contributed by atoms with E-state index < -0.39 is 17.7 Å². The molecule has 0 bridgehead atoms. The summed E-state index contributed by atoms with van der Waals surface area (Å²) in [5.41, 5.74) is 0.681. The molecule has 8 nitrogen and oxygen atoms in total. The highest BCUT2D eigenvalue weighted by atomic mass is 16.5. The molecule has 8 heteroatoms. The Morgan fingerprint density at radius 2 is 1.29 bits per heavy atom. The van der Waals surface area contributed by atoms with Crippen LogP contribution in [0.2, 0.25) is 0 Å². The average Bonchev–Trinajstić information content (AvgIpc) is 2.87. The zero-order valence-electron chi connectivity index (χ0n) is 23.1. The van der Waals surface area contributed by atoms with Crippen molar-refractivity contribution in [3.63, 3.8) is 0 Å². The number of aromatic carboxylic acids is 2. The minimum absolute atomic E-state index is 0.00580. The summed E-state index contributed by atoms with van der Waals surface area (Å²) in [5.74, 6) is -2.20. The summed E-state index contributed by atoms with van der Waals surface area (Å²) in [6.07, 6.45) is 10.9. The van der Waals surface area contributed by atoms with Gasteiger partial charge in [-0.05, 0) is 37.3 Å². The molecule has 0 aliphatic carbocycles. The lowest BCUT2D eigenvalue weighted by atomic mass is 9.97. The summed E-state index contributed by atoms with van der Waals surface area (Å²) in [6.45, 7) is 4.26. The number of ether oxygens (including phenoxy) is 3. The van der Waals surface area contributed by atoms with Crippen molar-refractivity contribution in [3.8, 4) is 28.7 Å². The maximum atomic E-state index is 12.3. The predicted molar refractivity (Wildman–Crippen MR) is 147 cm³/mol. The van der Waals surface area contributed by atoms with Gasteiger partial charge >= 0.3 is 11.9 Å². The van der Waals surface area contributed by atoms with Gasteiger partial charge in [-0.2, -0.15) is 0 Å². The van der Waals surface area contributed by atoms with Crippen LogP contribution in [0.3, 0.4) is 0 Å². The van der Waals surface area contributed by atoms with Gasteiger partial charge in [0.1, 0.15) is 28.4 Å². The predicted octanol–water partition coefficient (Wildman–Crippen LogP) is 7.62. The van der Waals surface area contributed by atoms with Crippen LogP contribution in [0.25, 0.3) is 0 Å². The summed E-state index contributed by atoms with van der Waals surface area (Å²) in [4.78, 5) is 24.4. The van der Waals surface area contributed by atoms with Crippen LogP contribution in [-0.2, 0) is 12.8 Å². The molecule has 0 fully saturated rings. The first kappa shape index (κ1) is 30.8. The van der Waals surface area contributed by atoms with Crippen LogP contribution in [0, 0.1) is 0 Å². The Balaban J connectivity index is 2.52. The summed E-state index contributed by atoms with van der Waals surface area (Å²) in [5, 5.41) is 30.5. The highest BCUT2D eigenvalue weighted by Gasteiger charge is 2.26. The van der Waals surface area contributed by atoms with Crippen LogP contribution in [-0.4, -0.2) is 41.5 Å². The van der Waals surface area contributed by atoms with Gasteiger partial charge in [-0.25, -0.2) is 9.59 Å². The van der Waals surface area contributed by atoms with Crippen LogP contribution in [0.1, 0.15) is 110 Å². The first-order valence-corrected chi connectivity index (χ1v) is 13.6. The summed E-state index contributed by atoms with van der Waals surface area (Å²) >= 11 is 0. The van der Waals surface area contributed by atoms with Crippen molar-refractivity contribution in [1.82, 2.24) is 0 Å². The standard InChI is InChI=1S/C30H42O8/c1-5-7-9-11-13-15-20-17-21(36-3)18-24(26(20)29(32)33)38-25-19-23(31)27(30(34)35)22(28(25)37-4)16-14-12-10-8-6-2/h17-19,31H,5-16H2,1-4H3,(H,32,33)(H,34,35). The van der Waals surface area contributed by atoms with Crippen molar-refractivity contribution in [2.24, 2.45) is 0 Å². The Hall–Kier alpha value is -3.42. The maximum absolute atomic E-state index is 12.3. The summed E-state index contributed by atoms with van der Waals surface area (Å²) < 4.78 is 17.1. The van der Waals surface area contributed by atoms with E-state index in [1.165, 1.54) is 26.4 Å². The fourth-order valence-corrected chi connectivity index (χ4v) is 4.68. The Morgan fingerprint density at radius 1 is 0.711 bits per heavy atom. The number of carboxylic acids is 2. The van der Waals surface area contributed by atoms with Gasteiger partial charge in [0, 0.05) is 17.7 Å². The van der Waals surface area contributed by atoms with Crippen molar-refractivity contribution < 1.29 is 39.1 Å². The van der Waals surface area contributed by atoms with Gasteiger partial charge in [0.2, 0.25) is 0 Å². The molecule has 0 spiro atoms. The Morgan fingerprint density at radius 3 is 1.82 bits per heavy atom. The number of carbonyl (C=O) groups is 2. The smallest absolute Gasteiger partial charge is 0.339 e. The third-order valence-electron chi connectivity index (χ3n) is 6.65. The number of aromatic hydroxyl groups is 1. The first-order chi connectivity index (χ1) is 18.3. The van der Waals surface area contributed by atoms with Gasteiger partial charge in [0.25, 0.3) is 0 Å². The molecule has 0 atom stereocenters. The second kappa shape index (κ2) is 15.7. The zero-order chi connectivity index (χ0) is 28.1. The average molecular weight is 531 g/mol. The molecule has 2 rings (SSSR count). The Labute approximate surface area is 225 Å². The zero-order valence-corrected chi connectivity index (χ0v) is 23.1. The molecule has 0 saturated heterocycles. The van der Waals surface area contributed by atoms with Crippen LogP contribution >= 0.6 is 0 Å². The minimum Gasteiger partial charge on any atom is -0.507 e. The van der Waals surface area contributed by atoms with Crippen molar-refractivity contribution in [2.75, 3.05) is 14.2 Å². The van der Waals surface area contributed by atoms with Gasteiger partial charge in [0.15, 0.2) is 11.5 Å². The molecular weight excluding hydrogens is 488 g/mol. The number of benzene rings is 2. The number of carboxylic acid groups (broad SMARTS) is 2. The van der Waals surface area contributed by atoms with E-state index in [4.69, 9.17) is 14.2 Å². The van der Waals surface area contributed by atoms with E-state index in [0.717, 1.165) is 57.8 Å². The summed E-state index contributed by atoms with van der Waals surface area (Å²) in [7, 11) is 2.90. The molecule has 0 aromatic heterocycles. The number of unbranched alkanes of at least 4 members (excludes halogenated alkanes) is 8. The lowest BCUT2D eigenvalue weighted by Gasteiger charge is -2.20. The number of aryl methyl sites for hydroxylation is 1. The lowest BCUT2D eigenvalue weighted by Crippen LogP contribution is -2.09. The summed E-state index contributed by atoms with van der Waals surface area (Å²) in [6, 6.07) is 4.36. The molecule has 0 aliphatic rings. The first-order valence-electron chi connectivity index (χ1n) is 13.6. The van der Waals surface area contributed by atoms with E-state index in [2.05, 4.69) is 13.8 Å². The van der Waals surface area contributed by atoms with E-state index in [-0.39, 0.29) is 28.4 Å². The van der Waals surface area contributed by atoms with Crippen LogP contribution < -0.4 is 14.2 Å². The largest absolute Gasteiger partial charge is 0.507 e. The van der Waals surface area contributed by atoms with Crippen LogP contribution in [0.15, 0.2) is 18.2 Å².